The summed E-state index contributed by atoms with van der Waals surface area (Å²) < 4.78 is 11.9. The molecule has 0 saturated carbocycles. The molecule has 0 aliphatic carbocycles. The minimum absolute atomic E-state index is 0.00269. The maximum atomic E-state index is 11.9. The highest BCUT2D eigenvalue weighted by Crippen LogP contribution is 2.16. The van der Waals surface area contributed by atoms with Gasteiger partial charge < -0.3 is 10.6 Å². The highest BCUT2D eigenvalue weighted by atomic mass is 32.2. The summed E-state index contributed by atoms with van der Waals surface area (Å²) in [7, 11) is 1.96. The normalized spacial score (nSPS) is 12.2. The third-order valence-corrected chi connectivity index (χ3v) is 3.65. The number of rotatable bonds is 3. The van der Waals surface area contributed by atoms with E-state index in [-0.39, 0.29) is 11.7 Å². The van der Waals surface area contributed by atoms with Crippen molar-refractivity contribution in [1.29, 1.82) is 0 Å². The van der Waals surface area contributed by atoms with Crippen LogP contribution in [0, 0.1) is 6.92 Å². The van der Waals surface area contributed by atoms with E-state index in [2.05, 4.69) is 0 Å². The largest absolute Gasteiger partial charge is 0.399 e. The van der Waals surface area contributed by atoms with Gasteiger partial charge in [0, 0.05) is 24.7 Å². The van der Waals surface area contributed by atoms with Gasteiger partial charge in [0.05, 0.1) is 10.8 Å². The van der Waals surface area contributed by atoms with E-state index >= 15 is 0 Å². The molecule has 1 unspecified atom stereocenters. The number of aryl methyl sites for hydroxylation is 1. The molecule has 0 aliphatic rings. The van der Waals surface area contributed by atoms with Crippen LogP contribution in [0.1, 0.15) is 5.56 Å². The van der Waals surface area contributed by atoms with Crippen LogP contribution in [0.5, 0.6) is 0 Å². The molecule has 0 saturated heterocycles. The zero-order valence-electron chi connectivity index (χ0n) is 9.69. The number of nitrogens with zero attached hydrogens (tertiary/aromatic N) is 1. The molecule has 1 atom stereocenters. The van der Waals surface area contributed by atoms with Crippen LogP contribution >= 0.6 is 0 Å². The van der Waals surface area contributed by atoms with E-state index in [1.165, 1.54) is 4.90 Å². The van der Waals surface area contributed by atoms with Crippen molar-refractivity contribution in [3.05, 3.63) is 23.8 Å². The molecule has 5 heteroatoms. The minimum atomic E-state index is -1.33. The molecule has 1 amide bonds. The first-order valence-corrected chi connectivity index (χ1v) is 6.18. The van der Waals surface area contributed by atoms with Crippen LogP contribution in [0.4, 0.5) is 5.69 Å². The van der Waals surface area contributed by atoms with Gasteiger partial charge >= 0.3 is 0 Å². The summed E-state index contributed by atoms with van der Waals surface area (Å²) in [5.74, 6) is -0.155. The molecular formula is C11H16N2O2S. The summed E-state index contributed by atoms with van der Waals surface area (Å²) in [5.41, 5.74) is 7.08. The van der Waals surface area contributed by atoms with Crippen LogP contribution < -0.4 is 5.73 Å². The fourth-order valence-electron chi connectivity index (χ4n) is 1.18. The van der Waals surface area contributed by atoms with Gasteiger partial charge in [0.25, 0.3) is 0 Å². The topological polar surface area (TPSA) is 63.4 Å². The van der Waals surface area contributed by atoms with Crippen molar-refractivity contribution in [1.82, 2.24) is 4.90 Å². The third-order valence-electron chi connectivity index (χ3n) is 2.21. The first-order chi connectivity index (χ1) is 7.41. The van der Waals surface area contributed by atoms with E-state index in [1.54, 1.807) is 26.2 Å². The van der Waals surface area contributed by atoms with E-state index in [0.29, 0.717) is 10.6 Å². The summed E-state index contributed by atoms with van der Waals surface area (Å²) in [6.07, 6.45) is 0. The molecule has 1 rings (SSSR count). The fourth-order valence-corrected chi connectivity index (χ4v) is 2.51. The van der Waals surface area contributed by atoms with Crippen molar-refractivity contribution in [2.75, 3.05) is 25.6 Å². The molecule has 0 heterocycles. The number of anilines is 1. The average Bonchev–Trinajstić information content (AvgIpc) is 2.21. The van der Waals surface area contributed by atoms with E-state index in [9.17, 15) is 9.00 Å². The van der Waals surface area contributed by atoms with Gasteiger partial charge in [-0.3, -0.25) is 9.00 Å². The number of nitrogens with two attached hydrogens (primary N) is 1. The zero-order valence-corrected chi connectivity index (χ0v) is 10.5. The Kier molecular flexibility index (Phi) is 4.06. The summed E-state index contributed by atoms with van der Waals surface area (Å²) >= 11 is 0. The van der Waals surface area contributed by atoms with Gasteiger partial charge in [-0.05, 0) is 24.6 Å². The molecule has 0 radical (unpaired) electrons. The van der Waals surface area contributed by atoms with Gasteiger partial charge in [0.15, 0.2) is 0 Å². The fraction of sp³-hybridized carbons (Fsp3) is 0.364. The molecule has 1 aromatic rings. The Morgan fingerprint density at radius 1 is 1.44 bits per heavy atom. The van der Waals surface area contributed by atoms with Gasteiger partial charge in [-0.25, -0.2) is 0 Å². The Morgan fingerprint density at radius 2 is 2.06 bits per heavy atom. The van der Waals surface area contributed by atoms with Crippen molar-refractivity contribution < 1.29 is 9.00 Å². The second-order valence-electron chi connectivity index (χ2n) is 3.80. The summed E-state index contributed by atoms with van der Waals surface area (Å²) in [4.78, 5) is 13.5. The number of nitrogen functional groups attached to an aromatic ring is 1. The second-order valence-corrected chi connectivity index (χ2v) is 5.22. The molecule has 0 spiro atoms. The van der Waals surface area contributed by atoms with Crippen LogP contribution in [0.3, 0.4) is 0 Å². The predicted octanol–water partition coefficient (Wildman–Crippen LogP) is 0.773. The smallest absolute Gasteiger partial charge is 0.235 e. The van der Waals surface area contributed by atoms with Crippen molar-refractivity contribution >= 4 is 22.4 Å². The number of hydrogen-bond acceptors (Lipinski definition) is 3. The first kappa shape index (κ1) is 12.7. The lowest BCUT2D eigenvalue weighted by Gasteiger charge is -2.11. The maximum Gasteiger partial charge on any atom is 0.235 e. The summed E-state index contributed by atoms with van der Waals surface area (Å²) in [5, 5.41) is 0. The number of benzene rings is 1. The average molecular weight is 240 g/mol. The Labute approximate surface area is 97.9 Å². The predicted molar refractivity (Wildman–Crippen MR) is 65.6 cm³/mol. The summed E-state index contributed by atoms with van der Waals surface area (Å²) in [6, 6.07) is 5.22. The maximum absolute atomic E-state index is 11.9. The molecule has 2 N–H and O–H groups in total. The number of amides is 1. The van der Waals surface area contributed by atoms with Gasteiger partial charge in [-0.15, -0.1) is 0 Å². The van der Waals surface area contributed by atoms with Crippen molar-refractivity contribution in [2.24, 2.45) is 0 Å². The Bertz CT molecular complexity index is 430. The highest BCUT2D eigenvalue weighted by molar-refractivity contribution is 7.85. The number of hydrogen-bond donors (Lipinski definition) is 1. The van der Waals surface area contributed by atoms with Crippen LogP contribution in [-0.4, -0.2) is 34.9 Å². The highest BCUT2D eigenvalue weighted by Gasteiger charge is 2.13. The first-order valence-electron chi connectivity index (χ1n) is 4.86. The van der Waals surface area contributed by atoms with Gasteiger partial charge in [-0.1, -0.05) is 6.07 Å². The lowest BCUT2D eigenvalue weighted by atomic mass is 10.2. The van der Waals surface area contributed by atoms with Gasteiger partial charge in [0.1, 0.15) is 5.75 Å². The van der Waals surface area contributed by atoms with Crippen LogP contribution in [0.15, 0.2) is 23.1 Å². The minimum Gasteiger partial charge on any atom is -0.399 e. The molecule has 0 aliphatic heterocycles. The standard InChI is InChI=1S/C11H16N2O2S/c1-8-4-5-9(12)6-10(8)16(15)7-11(14)13(2)3/h4-6H,7,12H2,1-3H3. The van der Waals surface area contributed by atoms with E-state index < -0.39 is 10.8 Å². The van der Waals surface area contributed by atoms with Gasteiger partial charge in [0.2, 0.25) is 5.91 Å². The second kappa shape index (κ2) is 5.12. The van der Waals surface area contributed by atoms with E-state index in [0.717, 1.165) is 5.56 Å². The number of carbonyl (C=O) groups is 1. The Morgan fingerprint density at radius 3 is 2.62 bits per heavy atom. The summed E-state index contributed by atoms with van der Waals surface area (Å²) in [6.45, 7) is 1.85. The molecule has 4 nitrogen and oxygen atoms in total. The molecule has 0 fully saturated rings. The molecular weight excluding hydrogens is 224 g/mol. The van der Waals surface area contributed by atoms with Crippen LogP contribution in [0.25, 0.3) is 0 Å². The number of carbonyl (C=O) groups excluding carboxylic acids is 1. The zero-order chi connectivity index (χ0) is 12.3. The Hall–Kier alpha value is -1.36. The quantitative estimate of drug-likeness (QED) is 0.794. The molecule has 1 aromatic carbocycles. The molecule has 0 aromatic heterocycles. The lowest BCUT2D eigenvalue weighted by molar-refractivity contribution is -0.125. The molecule has 16 heavy (non-hydrogen) atoms. The van der Waals surface area contributed by atoms with E-state index in [1.807, 2.05) is 13.0 Å². The molecule has 0 bridgehead atoms. The van der Waals surface area contributed by atoms with Crippen LogP contribution in [0.2, 0.25) is 0 Å². The monoisotopic (exact) mass is 240 g/mol. The third kappa shape index (κ3) is 3.06. The van der Waals surface area contributed by atoms with Crippen molar-refractivity contribution in [3.8, 4) is 0 Å². The van der Waals surface area contributed by atoms with Crippen LogP contribution in [-0.2, 0) is 15.6 Å². The Balaban J connectivity index is 2.88. The SMILES string of the molecule is Cc1ccc(N)cc1S(=O)CC(=O)N(C)C. The van der Waals surface area contributed by atoms with Crippen molar-refractivity contribution in [2.45, 2.75) is 11.8 Å². The van der Waals surface area contributed by atoms with Crippen molar-refractivity contribution in [3.63, 3.8) is 0 Å². The lowest BCUT2D eigenvalue weighted by Crippen LogP contribution is -2.27. The van der Waals surface area contributed by atoms with Gasteiger partial charge in [-0.2, -0.15) is 0 Å². The molecule has 88 valence electrons. The van der Waals surface area contributed by atoms with E-state index in [4.69, 9.17) is 5.73 Å².